The number of carbonyl (C=O) groups excluding carboxylic acids is 2. The fourth-order valence-corrected chi connectivity index (χ4v) is 3.97. The first kappa shape index (κ1) is 19.4. The quantitative estimate of drug-likeness (QED) is 0.794. The second-order valence-corrected chi connectivity index (χ2v) is 7.85. The monoisotopic (exact) mass is 411 g/mol. The van der Waals surface area contributed by atoms with E-state index in [1.54, 1.807) is 18.2 Å². The minimum absolute atomic E-state index is 0.00556. The Balaban J connectivity index is 1.69. The third-order valence-corrected chi connectivity index (χ3v) is 5.39. The van der Waals surface area contributed by atoms with Crippen LogP contribution in [0.1, 0.15) is 6.42 Å². The van der Waals surface area contributed by atoms with Crippen LogP contribution in [-0.4, -0.2) is 31.2 Å². The fourth-order valence-electron chi connectivity index (χ4n) is 2.70. The number of anilines is 3. The van der Waals surface area contributed by atoms with Gasteiger partial charge in [0.2, 0.25) is 11.8 Å². The molecule has 1 aliphatic heterocycles. The number of hydrogen-bond acceptors (Lipinski definition) is 4. The zero-order chi connectivity index (χ0) is 19.7. The summed E-state index contributed by atoms with van der Waals surface area (Å²) >= 11 is 7.14. The van der Waals surface area contributed by atoms with Gasteiger partial charge < -0.3 is 15.5 Å². The highest BCUT2D eigenvalue weighted by Crippen LogP contribution is 2.38. The molecule has 0 saturated carbocycles. The molecule has 9 heteroatoms. The maximum absolute atomic E-state index is 14.0. The summed E-state index contributed by atoms with van der Waals surface area (Å²) in [6.07, 6.45) is -0.142. The molecule has 0 saturated heterocycles. The predicted octanol–water partition coefficient (Wildman–Crippen LogP) is 4.13. The van der Waals surface area contributed by atoms with Crippen molar-refractivity contribution in [3.63, 3.8) is 0 Å². The van der Waals surface area contributed by atoms with Gasteiger partial charge in [-0.25, -0.2) is 8.78 Å². The molecule has 3 rings (SSSR count). The van der Waals surface area contributed by atoms with Crippen LogP contribution in [0.5, 0.6) is 0 Å². The lowest BCUT2D eigenvalue weighted by Crippen LogP contribution is -2.32. The molecular formula is C18H16ClF2N3O2S. The molecule has 1 unspecified atom stereocenters. The maximum atomic E-state index is 14.0. The molecule has 2 aromatic rings. The van der Waals surface area contributed by atoms with Crippen LogP contribution < -0.4 is 15.5 Å². The summed E-state index contributed by atoms with van der Waals surface area (Å²) < 4.78 is 28.0. The van der Waals surface area contributed by atoms with Crippen molar-refractivity contribution in [2.45, 2.75) is 16.6 Å². The van der Waals surface area contributed by atoms with Gasteiger partial charge in [0.15, 0.2) is 11.6 Å². The van der Waals surface area contributed by atoms with Crippen LogP contribution in [0, 0.1) is 11.6 Å². The third-order valence-electron chi connectivity index (χ3n) is 3.88. The normalized spacial score (nSPS) is 15.7. The number of hydrogen-bond donors (Lipinski definition) is 2. The number of thioether (sulfide) groups is 1. The number of amides is 2. The first-order valence-electron chi connectivity index (χ1n) is 7.98. The Labute approximate surface area is 164 Å². The van der Waals surface area contributed by atoms with Crippen LogP contribution in [0.2, 0.25) is 5.02 Å². The highest BCUT2D eigenvalue weighted by Gasteiger charge is 2.29. The van der Waals surface area contributed by atoms with Crippen LogP contribution in [0.25, 0.3) is 0 Å². The van der Waals surface area contributed by atoms with Crippen LogP contribution >= 0.6 is 23.4 Å². The van der Waals surface area contributed by atoms with E-state index in [-0.39, 0.29) is 23.7 Å². The van der Waals surface area contributed by atoms with Crippen LogP contribution in [-0.2, 0) is 9.59 Å². The van der Waals surface area contributed by atoms with Crippen molar-refractivity contribution in [1.29, 1.82) is 0 Å². The molecule has 1 heterocycles. The van der Waals surface area contributed by atoms with E-state index in [1.165, 1.54) is 30.8 Å². The zero-order valence-corrected chi connectivity index (χ0v) is 16.0. The Hall–Kier alpha value is -2.32. The van der Waals surface area contributed by atoms with Crippen LogP contribution in [0.4, 0.5) is 25.8 Å². The van der Waals surface area contributed by atoms with Gasteiger partial charge in [0.25, 0.3) is 0 Å². The summed E-state index contributed by atoms with van der Waals surface area (Å²) in [4.78, 5) is 26.6. The summed E-state index contributed by atoms with van der Waals surface area (Å²) in [7, 11) is 3.04. The predicted molar refractivity (Wildman–Crippen MR) is 104 cm³/mol. The first-order chi connectivity index (χ1) is 12.7. The van der Waals surface area contributed by atoms with Gasteiger partial charge in [-0.15, -0.1) is 11.8 Å². The number of carbonyl (C=O) groups is 2. The lowest BCUT2D eigenvalue weighted by molar-refractivity contribution is -0.120. The molecule has 0 fully saturated rings. The molecule has 142 valence electrons. The van der Waals surface area contributed by atoms with Gasteiger partial charge in [-0.05, 0) is 30.3 Å². The number of fused-ring (bicyclic) bond motifs is 1. The lowest BCUT2D eigenvalue weighted by atomic mass is 10.2. The van der Waals surface area contributed by atoms with Crippen molar-refractivity contribution in [1.82, 2.24) is 0 Å². The van der Waals surface area contributed by atoms with Gasteiger partial charge in [0.05, 0.1) is 10.9 Å². The van der Waals surface area contributed by atoms with Crippen LogP contribution in [0.15, 0.2) is 35.2 Å². The first-order valence-corrected chi connectivity index (χ1v) is 9.23. The highest BCUT2D eigenvalue weighted by atomic mass is 35.5. The summed E-state index contributed by atoms with van der Waals surface area (Å²) in [6.45, 7) is 0. The van der Waals surface area contributed by atoms with E-state index >= 15 is 0 Å². The Morgan fingerprint density at radius 1 is 1.26 bits per heavy atom. The Bertz CT molecular complexity index is 900. The van der Waals surface area contributed by atoms with Gasteiger partial charge in [-0.3, -0.25) is 9.59 Å². The van der Waals surface area contributed by atoms with Crippen molar-refractivity contribution >= 4 is 52.2 Å². The van der Waals surface area contributed by atoms with E-state index in [2.05, 4.69) is 10.6 Å². The molecule has 1 aliphatic rings. The van der Waals surface area contributed by atoms with Crippen molar-refractivity contribution in [2.75, 3.05) is 29.6 Å². The van der Waals surface area contributed by atoms with Crippen molar-refractivity contribution in [3.8, 4) is 0 Å². The Morgan fingerprint density at radius 3 is 2.56 bits per heavy atom. The topological polar surface area (TPSA) is 61.4 Å². The average Bonchev–Trinajstić information content (AvgIpc) is 2.54. The SMILES string of the molecule is CN(C)c1c(F)cc(NC(=O)CC2Sc3ccc(Cl)cc3NC2=O)cc1F. The molecule has 0 aromatic heterocycles. The number of rotatable bonds is 4. The number of nitrogens with one attached hydrogen (secondary N) is 2. The molecule has 0 bridgehead atoms. The third kappa shape index (κ3) is 4.33. The van der Waals surface area contributed by atoms with Gasteiger partial charge in [-0.2, -0.15) is 0 Å². The summed E-state index contributed by atoms with van der Waals surface area (Å²) in [5.41, 5.74) is 0.400. The second kappa shape index (κ2) is 7.74. The summed E-state index contributed by atoms with van der Waals surface area (Å²) in [6, 6.07) is 7.18. The van der Waals surface area contributed by atoms with E-state index in [9.17, 15) is 18.4 Å². The lowest BCUT2D eigenvalue weighted by Gasteiger charge is -2.24. The van der Waals surface area contributed by atoms with Crippen molar-refractivity contribution in [3.05, 3.63) is 47.0 Å². The average molecular weight is 412 g/mol. The van der Waals surface area contributed by atoms with Crippen molar-refractivity contribution < 1.29 is 18.4 Å². The van der Waals surface area contributed by atoms with Crippen molar-refractivity contribution in [2.24, 2.45) is 0 Å². The van der Waals surface area contributed by atoms with E-state index in [4.69, 9.17) is 11.6 Å². The highest BCUT2D eigenvalue weighted by molar-refractivity contribution is 8.01. The molecule has 5 nitrogen and oxygen atoms in total. The zero-order valence-electron chi connectivity index (χ0n) is 14.5. The molecule has 1 atom stereocenters. The molecule has 2 N–H and O–H groups in total. The largest absolute Gasteiger partial charge is 0.373 e. The Morgan fingerprint density at radius 2 is 1.93 bits per heavy atom. The van der Waals surface area contributed by atoms with E-state index < -0.39 is 22.8 Å². The molecule has 0 aliphatic carbocycles. The number of nitrogens with zero attached hydrogens (tertiary/aromatic N) is 1. The molecule has 0 radical (unpaired) electrons. The summed E-state index contributed by atoms with van der Waals surface area (Å²) in [5.74, 6) is -2.42. The molecular weight excluding hydrogens is 396 g/mol. The van der Waals surface area contributed by atoms with Gasteiger partial charge in [0.1, 0.15) is 5.69 Å². The number of benzene rings is 2. The summed E-state index contributed by atoms with van der Waals surface area (Å²) in [5, 5.41) is 4.99. The maximum Gasteiger partial charge on any atom is 0.238 e. The van der Waals surface area contributed by atoms with E-state index in [1.807, 2.05) is 0 Å². The van der Waals surface area contributed by atoms with Crippen LogP contribution in [0.3, 0.4) is 0 Å². The molecule has 0 spiro atoms. The van der Waals surface area contributed by atoms with Gasteiger partial charge in [-0.1, -0.05) is 11.6 Å². The van der Waals surface area contributed by atoms with Gasteiger partial charge >= 0.3 is 0 Å². The molecule has 2 amide bonds. The minimum atomic E-state index is -0.786. The fraction of sp³-hybridized carbons (Fsp3) is 0.222. The number of halogens is 3. The standard InChI is InChI=1S/C18H16ClF2N3O2S/c1-24(2)17-11(20)6-10(7-12(17)21)22-16(25)8-15-18(26)23-13-5-9(19)3-4-14(13)27-15/h3-7,15H,8H2,1-2H3,(H,22,25)(H,23,26). The van der Waals surface area contributed by atoms with E-state index in [0.717, 1.165) is 17.0 Å². The molecule has 27 heavy (non-hydrogen) atoms. The van der Waals surface area contributed by atoms with Gasteiger partial charge in [0, 0.05) is 36.1 Å². The smallest absolute Gasteiger partial charge is 0.238 e. The van der Waals surface area contributed by atoms with E-state index in [0.29, 0.717) is 10.7 Å². The molecule has 2 aromatic carbocycles. The minimum Gasteiger partial charge on any atom is -0.373 e. The second-order valence-electron chi connectivity index (χ2n) is 6.17. The Kier molecular flexibility index (Phi) is 5.57.